The fourth-order valence-electron chi connectivity index (χ4n) is 1.52. The van der Waals surface area contributed by atoms with E-state index in [1.54, 1.807) is 13.1 Å². The molecule has 0 aliphatic heterocycles. The third kappa shape index (κ3) is 3.10. The zero-order chi connectivity index (χ0) is 13.3. The fourth-order valence-corrected chi connectivity index (χ4v) is 1.79. The number of hydrogen-bond acceptors (Lipinski definition) is 2. The van der Waals surface area contributed by atoms with Gasteiger partial charge in [-0.3, -0.25) is 4.79 Å². The van der Waals surface area contributed by atoms with Crippen molar-refractivity contribution in [1.29, 1.82) is 0 Å². The molecule has 0 radical (unpaired) electrons. The van der Waals surface area contributed by atoms with Crippen molar-refractivity contribution in [2.24, 2.45) is 10.7 Å². The quantitative estimate of drug-likeness (QED) is 0.475. The van der Waals surface area contributed by atoms with Crippen LogP contribution in [0, 0.1) is 0 Å². The first kappa shape index (κ1) is 15.1. The molecule has 0 aliphatic carbocycles. The number of aliphatic imine (C=N–C) groups is 1. The summed E-state index contributed by atoms with van der Waals surface area (Å²) in [6, 6.07) is 4.44. The van der Waals surface area contributed by atoms with Crippen LogP contribution in [-0.4, -0.2) is 29.0 Å². The summed E-state index contributed by atoms with van der Waals surface area (Å²) in [4.78, 5) is 18.2. The van der Waals surface area contributed by atoms with Gasteiger partial charge in [-0.25, -0.2) is 0 Å². The Hall–Kier alpha value is -1.92. The molecule has 0 saturated heterocycles. The van der Waals surface area contributed by atoms with Gasteiger partial charge in [0.2, 0.25) is 0 Å². The first-order valence-corrected chi connectivity index (χ1v) is 5.46. The number of aromatic hydroxyl groups is 1. The summed E-state index contributed by atoms with van der Waals surface area (Å²) < 4.78 is 0. The Labute approximate surface area is 120 Å². The molecule has 0 atom stereocenters. The number of nitrogens with one attached hydrogen (secondary N) is 2. The Morgan fingerprint density at radius 3 is 2.79 bits per heavy atom. The molecule has 1 heterocycles. The first-order valence-electron chi connectivity index (χ1n) is 5.08. The maximum Gasteiger partial charge on any atom is 0.296 e. The molecular weight excluding hydrogens is 291 g/mol. The second-order valence-corrected chi connectivity index (χ2v) is 4.03. The number of phenols is 1. The van der Waals surface area contributed by atoms with Crippen molar-refractivity contribution in [1.82, 2.24) is 10.3 Å². The molecule has 5 N–H and O–H groups in total. The molecule has 1 aromatic heterocycles. The Morgan fingerprint density at radius 2 is 2.16 bits per heavy atom. The lowest BCUT2D eigenvalue weighted by Gasteiger charge is -1.95. The van der Waals surface area contributed by atoms with E-state index in [9.17, 15) is 9.90 Å². The SMILES string of the molecule is CNC(N)=NC(=O)c1cc2c(Cl)cc(O)cc2[nH]1.Cl. The largest absolute Gasteiger partial charge is 0.508 e. The van der Waals surface area contributed by atoms with Crippen molar-refractivity contribution < 1.29 is 9.90 Å². The van der Waals surface area contributed by atoms with Gasteiger partial charge in [0, 0.05) is 18.5 Å². The number of nitrogens with zero attached hydrogens (tertiary/aromatic N) is 1. The minimum atomic E-state index is -0.520. The van der Waals surface area contributed by atoms with Gasteiger partial charge in [0.25, 0.3) is 5.91 Å². The summed E-state index contributed by atoms with van der Waals surface area (Å²) in [6.45, 7) is 0. The Balaban J connectivity index is 0.00000180. The van der Waals surface area contributed by atoms with Crippen LogP contribution < -0.4 is 11.1 Å². The standard InChI is InChI=1S/C11H11ClN4O2.ClH/c1-14-11(13)16-10(18)9-4-6-7(12)2-5(17)3-8(6)15-9;/h2-4,15,17H,1H3,(H3,13,14,16,18);1H. The molecule has 6 nitrogen and oxygen atoms in total. The van der Waals surface area contributed by atoms with E-state index >= 15 is 0 Å². The minimum Gasteiger partial charge on any atom is -0.508 e. The van der Waals surface area contributed by atoms with Crippen LogP contribution in [0.3, 0.4) is 0 Å². The van der Waals surface area contributed by atoms with Crippen molar-refractivity contribution >= 4 is 46.8 Å². The Morgan fingerprint density at radius 1 is 1.47 bits per heavy atom. The van der Waals surface area contributed by atoms with Gasteiger partial charge in [0.05, 0.1) is 10.5 Å². The van der Waals surface area contributed by atoms with Crippen LogP contribution in [0.15, 0.2) is 23.2 Å². The molecule has 1 aromatic carbocycles. The van der Waals surface area contributed by atoms with Crippen LogP contribution >= 0.6 is 24.0 Å². The van der Waals surface area contributed by atoms with Gasteiger partial charge in [-0.2, -0.15) is 4.99 Å². The molecule has 8 heteroatoms. The lowest BCUT2D eigenvalue weighted by atomic mass is 10.2. The van der Waals surface area contributed by atoms with E-state index in [1.165, 1.54) is 12.1 Å². The highest BCUT2D eigenvalue weighted by Crippen LogP contribution is 2.29. The monoisotopic (exact) mass is 302 g/mol. The average molecular weight is 303 g/mol. The van der Waals surface area contributed by atoms with Gasteiger partial charge in [-0.1, -0.05) is 11.6 Å². The number of H-pyrrole nitrogens is 1. The lowest BCUT2D eigenvalue weighted by Crippen LogP contribution is -2.28. The van der Waals surface area contributed by atoms with Crippen molar-refractivity contribution in [3.05, 3.63) is 28.9 Å². The third-order valence-corrected chi connectivity index (χ3v) is 2.69. The number of aromatic nitrogens is 1. The molecule has 0 unspecified atom stereocenters. The molecule has 1 amide bonds. The normalized spacial score (nSPS) is 11.2. The fraction of sp³-hybridized carbons (Fsp3) is 0.0909. The zero-order valence-corrected chi connectivity index (χ0v) is 11.5. The maximum absolute atomic E-state index is 11.7. The number of carbonyl (C=O) groups excluding carboxylic acids is 1. The number of aromatic amines is 1. The van der Waals surface area contributed by atoms with Gasteiger partial charge in [0.15, 0.2) is 5.96 Å². The van der Waals surface area contributed by atoms with E-state index in [1.807, 2.05) is 0 Å². The summed E-state index contributed by atoms with van der Waals surface area (Å²) in [7, 11) is 1.56. The summed E-state index contributed by atoms with van der Waals surface area (Å²) in [5, 5.41) is 12.9. The van der Waals surface area contributed by atoms with Gasteiger partial charge >= 0.3 is 0 Å². The van der Waals surface area contributed by atoms with E-state index in [2.05, 4.69) is 15.3 Å². The van der Waals surface area contributed by atoms with Crippen LogP contribution in [0.2, 0.25) is 5.02 Å². The molecule has 0 spiro atoms. The number of hydrogen-bond donors (Lipinski definition) is 4. The van der Waals surface area contributed by atoms with E-state index in [0.29, 0.717) is 15.9 Å². The lowest BCUT2D eigenvalue weighted by molar-refractivity contribution is 0.0998. The smallest absolute Gasteiger partial charge is 0.296 e. The molecule has 0 bridgehead atoms. The minimum absolute atomic E-state index is 0. The van der Waals surface area contributed by atoms with Crippen molar-refractivity contribution in [3.63, 3.8) is 0 Å². The number of phenolic OH excluding ortho intramolecular Hbond substituents is 1. The van der Waals surface area contributed by atoms with Crippen LogP contribution in [0.4, 0.5) is 0 Å². The molecule has 19 heavy (non-hydrogen) atoms. The third-order valence-electron chi connectivity index (χ3n) is 2.38. The number of carbonyl (C=O) groups is 1. The highest BCUT2D eigenvalue weighted by atomic mass is 35.5. The number of halogens is 2. The summed E-state index contributed by atoms with van der Waals surface area (Å²) in [5.74, 6) is -0.479. The summed E-state index contributed by atoms with van der Waals surface area (Å²) in [5.41, 5.74) is 6.20. The first-order chi connectivity index (χ1) is 8.51. The van der Waals surface area contributed by atoms with Gasteiger partial charge < -0.3 is 21.1 Å². The van der Waals surface area contributed by atoms with Crippen molar-refractivity contribution in [2.75, 3.05) is 7.05 Å². The number of fused-ring (bicyclic) bond motifs is 1. The Kier molecular flexibility index (Phi) is 4.63. The van der Waals surface area contributed by atoms with Crippen LogP contribution in [0.1, 0.15) is 10.5 Å². The molecule has 102 valence electrons. The summed E-state index contributed by atoms with van der Waals surface area (Å²) >= 11 is 5.95. The predicted octanol–water partition coefficient (Wildman–Crippen LogP) is 1.62. The zero-order valence-electron chi connectivity index (χ0n) is 9.90. The van der Waals surface area contributed by atoms with Gasteiger partial charge in [-0.15, -0.1) is 12.4 Å². The van der Waals surface area contributed by atoms with E-state index in [4.69, 9.17) is 17.3 Å². The van der Waals surface area contributed by atoms with E-state index in [-0.39, 0.29) is 29.8 Å². The topological polar surface area (TPSA) is 104 Å². The van der Waals surface area contributed by atoms with Crippen molar-refractivity contribution in [3.8, 4) is 5.75 Å². The van der Waals surface area contributed by atoms with E-state index in [0.717, 1.165) is 0 Å². The Bertz CT molecular complexity index is 651. The summed E-state index contributed by atoms with van der Waals surface area (Å²) in [6.07, 6.45) is 0. The number of rotatable bonds is 1. The maximum atomic E-state index is 11.7. The highest BCUT2D eigenvalue weighted by molar-refractivity contribution is 6.35. The highest BCUT2D eigenvalue weighted by Gasteiger charge is 2.12. The molecule has 2 aromatic rings. The number of benzene rings is 1. The molecule has 0 saturated carbocycles. The van der Waals surface area contributed by atoms with Crippen molar-refractivity contribution in [2.45, 2.75) is 0 Å². The second-order valence-electron chi connectivity index (χ2n) is 3.62. The molecule has 0 fully saturated rings. The number of guanidine groups is 1. The number of nitrogens with two attached hydrogens (primary N) is 1. The molecule has 0 aliphatic rings. The van der Waals surface area contributed by atoms with Crippen LogP contribution in [0.5, 0.6) is 5.75 Å². The van der Waals surface area contributed by atoms with E-state index < -0.39 is 5.91 Å². The predicted molar refractivity (Wildman–Crippen MR) is 77.2 cm³/mol. The number of amides is 1. The molecular formula is C11H12Cl2N4O2. The van der Waals surface area contributed by atoms with Gasteiger partial charge in [-0.05, 0) is 12.1 Å². The van der Waals surface area contributed by atoms with Crippen LogP contribution in [-0.2, 0) is 0 Å². The van der Waals surface area contributed by atoms with Gasteiger partial charge in [0.1, 0.15) is 11.4 Å². The average Bonchev–Trinajstić information content (AvgIpc) is 2.72. The van der Waals surface area contributed by atoms with Crippen LogP contribution in [0.25, 0.3) is 10.9 Å². The second kappa shape index (κ2) is 5.81. The molecule has 2 rings (SSSR count).